The van der Waals surface area contributed by atoms with Crippen LogP contribution < -0.4 is 10.1 Å². The van der Waals surface area contributed by atoms with Crippen LogP contribution in [0.15, 0.2) is 36.4 Å². The number of methoxy groups -OCH3 is 1. The summed E-state index contributed by atoms with van der Waals surface area (Å²) in [7, 11) is 1.41. The lowest BCUT2D eigenvalue weighted by Gasteiger charge is -2.15. The minimum absolute atomic E-state index is 0.176. The number of rotatable bonds is 5. The van der Waals surface area contributed by atoms with Crippen molar-refractivity contribution in [2.24, 2.45) is 0 Å². The molecule has 2 rings (SSSR count). The fourth-order valence-electron chi connectivity index (χ4n) is 2.08. The highest BCUT2D eigenvalue weighted by atomic mass is 19.1. The summed E-state index contributed by atoms with van der Waals surface area (Å²) in [5.74, 6) is -2.87. The number of nitrogens with one attached hydrogen (secondary N) is 1. The maximum Gasteiger partial charge on any atom is 0.342 e. The number of amides is 1. The van der Waals surface area contributed by atoms with Gasteiger partial charge in [0.2, 0.25) is 0 Å². The zero-order valence-corrected chi connectivity index (χ0v) is 13.9. The molecule has 0 spiro atoms. The largest absolute Gasteiger partial charge is 0.496 e. The van der Waals surface area contributed by atoms with Crippen molar-refractivity contribution < 1.29 is 27.8 Å². The minimum atomic E-state index is -1.19. The summed E-state index contributed by atoms with van der Waals surface area (Å²) in [5, 5.41) is 2.24. The van der Waals surface area contributed by atoms with Crippen LogP contribution in [0, 0.1) is 18.6 Å². The van der Waals surface area contributed by atoms with Crippen LogP contribution in [-0.4, -0.2) is 25.1 Å². The molecule has 2 aromatic rings. The van der Waals surface area contributed by atoms with Crippen molar-refractivity contribution in [3.63, 3.8) is 0 Å². The maximum absolute atomic E-state index is 13.6. The van der Waals surface area contributed by atoms with Crippen molar-refractivity contribution >= 4 is 17.6 Å². The molecule has 0 radical (unpaired) electrons. The first-order chi connectivity index (χ1) is 11.8. The van der Waals surface area contributed by atoms with Crippen LogP contribution in [0.1, 0.15) is 22.8 Å². The molecule has 5 nitrogen and oxygen atoms in total. The monoisotopic (exact) mass is 349 g/mol. The van der Waals surface area contributed by atoms with E-state index in [1.807, 2.05) is 0 Å². The van der Waals surface area contributed by atoms with Gasteiger partial charge in [0.25, 0.3) is 5.91 Å². The number of ether oxygens (including phenoxy) is 2. The standard InChI is InChI=1S/C18H17F2NO4/c1-10-4-7-16(24-3)13(8-10)18(23)25-11(2)17(22)21-15-6-5-12(19)9-14(15)20/h4-9,11H,1-3H3,(H,21,22)/t11-/m1/s1. The summed E-state index contributed by atoms with van der Waals surface area (Å²) in [6.07, 6.45) is -1.19. The molecule has 2 aromatic carbocycles. The molecule has 0 aliphatic rings. The Morgan fingerprint density at radius 1 is 1.12 bits per heavy atom. The van der Waals surface area contributed by atoms with Crippen molar-refractivity contribution in [2.75, 3.05) is 12.4 Å². The van der Waals surface area contributed by atoms with E-state index >= 15 is 0 Å². The summed E-state index contributed by atoms with van der Waals surface area (Å²) in [5.41, 5.74) is 0.788. The van der Waals surface area contributed by atoms with Gasteiger partial charge in [0.05, 0.1) is 12.8 Å². The van der Waals surface area contributed by atoms with Crippen LogP contribution in [0.3, 0.4) is 0 Å². The van der Waals surface area contributed by atoms with Crippen molar-refractivity contribution in [3.05, 3.63) is 59.2 Å². The molecule has 0 unspecified atom stereocenters. The molecule has 25 heavy (non-hydrogen) atoms. The third kappa shape index (κ3) is 4.53. The third-order valence-corrected chi connectivity index (χ3v) is 3.42. The number of hydrogen-bond donors (Lipinski definition) is 1. The van der Waals surface area contributed by atoms with Crippen LogP contribution in [0.25, 0.3) is 0 Å². The van der Waals surface area contributed by atoms with Gasteiger partial charge in [-0.1, -0.05) is 11.6 Å². The predicted molar refractivity (Wildman–Crippen MR) is 87.6 cm³/mol. The second-order valence-electron chi connectivity index (χ2n) is 5.36. The number of aryl methyl sites for hydroxylation is 1. The fourth-order valence-corrected chi connectivity index (χ4v) is 2.08. The Morgan fingerprint density at radius 3 is 2.48 bits per heavy atom. The molecule has 0 aromatic heterocycles. The second-order valence-corrected chi connectivity index (χ2v) is 5.36. The van der Waals surface area contributed by atoms with E-state index in [1.165, 1.54) is 14.0 Å². The minimum Gasteiger partial charge on any atom is -0.496 e. The molecule has 0 aliphatic heterocycles. The lowest BCUT2D eigenvalue weighted by Crippen LogP contribution is -2.30. The van der Waals surface area contributed by atoms with E-state index in [9.17, 15) is 18.4 Å². The molecule has 1 amide bonds. The third-order valence-electron chi connectivity index (χ3n) is 3.42. The molecule has 1 atom stereocenters. The molecule has 0 saturated carbocycles. The average molecular weight is 349 g/mol. The molecule has 1 N–H and O–H groups in total. The van der Waals surface area contributed by atoms with Gasteiger partial charge in [-0.25, -0.2) is 13.6 Å². The molecule has 0 aliphatic carbocycles. The van der Waals surface area contributed by atoms with Gasteiger partial charge < -0.3 is 14.8 Å². The summed E-state index contributed by atoms with van der Waals surface area (Å²) < 4.78 is 36.6. The smallest absolute Gasteiger partial charge is 0.342 e. The van der Waals surface area contributed by atoms with E-state index in [-0.39, 0.29) is 11.3 Å². The first-order valence-electron chi connectivity index (χ1n) is 7.43. The van der Waals surface area contributed by atoms with E-state index in [2.05, 4.69) is 5.32 Å². The van der Waals surface area contributed by atoms with Crippen LogP contribution in [0.2, 0.25) is 0 Å². The van der Waals surface area contributed by atoms with Gasteiger partial charge in [-0.05, 0) is 38.1 Å². The first-order valence-corrected chi connectivity index (χ1v) is 7.43. The Bertz CT molecular complexity index is 808. The number of carbonyl (C=O) groups is 2. The second kappa shape index (κ2) is 7.74. The predicted octanol–water partition coefficient (Wildman–Crippen LogP) is 3.47. The van der Waals surface area contributed by atoms with Crippen molar-refractivity contribution in [2.45, 2.75) is 20.0 Å². The summed E-state index contributed by atoms with van der Waals surface area (Å²) in [4.78, 5) is 24.3. The molecular formula is C18H17F2NO4. The number of hydrogen-bond acceptors (Lipinski definition) is 4. The fraction of sp³-hybridized carbons (Fsp3) is 0.222. The lowest BCUT2D eigenvalue weighted by molar-refractivity contribution is -0.123. The molecule has 132 valence electrons. The normalized spacial score (nSPS) is 11.6. The van der Waals surface area contributed by atoms with Crippen molar-refractivity contribution in [1.29, 1.82) is 0 Å². The van der Waals surface area contributed by atoms with E-state index in [0.717, 1.165) is 17.7 Å². The van der Waals surface area contributed by atoms with Crippen LogP contribution in [0.4, 0.5) is 14.5 Å². The Labute approximate surface area is 143 Å². The van der Waals surface area contributed by atoms with Crippen molar-refractivity contribution in [3.8, 4) is 5.75 Å². The molecule has 0 heterocycles. The lowest BCUT2D eigenvalue weighted by atomic mass is 10.1. The number of benzene rings is 2. The molecule has 0 fully saturated rings. The Balaban J connectivity index is 2.08. The molecule has 7 heteroatoms. The highest BCUT2D eigenvalue weighted by Gasteiger charge is 2.22. The van der Waals surface area contributed by atoms with Gasteiger partial charge in [0.1, 0.15) is 22.9 Å². The van der Waals surface area contributed by atoms with E-state index in [0.29, 0.717) is 11.8 Å². The zero-order chi connectivity index (χ0) is 18.6. The highest BCUT2D eigenvalue weighted by molar-refractivity contribution is 5.98. The molecule has 0 saturated heterocycles. The topological polar surface area (TPSA) is 64.6 Å². The van der Waals surface area contributed by atoms with Gasteiger partial charge >= 0.3 is 5.97 Å². The molecular weight excluding hydrogens is 332 g/mol. The van der Waals surface area contributed by atoms with E-state index in [1.54, 1.807) is 25.1 Å². The number of anilines is 1. The van der Waals surface area contributed by atoms with Crippen LogP contribution >= 0.6 is 0 Å². The number of carbonyl (C=O) groups excluding carboxylic acids is 2. The maximum atomic E-state index is 13.6. The Kier molecular flexibility index (Phi) is 5.69. The van der Waals surface area contributed by atoms with Crippen molar-refractivity contribution in [1.82, 2.24) is 0 Å². The Hall–Kier alpha value is -2.96. The van der Waals surface area contributed by atoms with E-state index < -0.39 is 29.6 Å². The van der Waals surface area contributed by atoms with Gasteiger partial charge in [0, 0.05) is 6.07 Å². The summed E-state index contributed by atoms with van der Waals surface area (Å²) in [6, 6.07) is 7.69. The molecule has 0 bridgehead atoms. The Morgan fingerprint density at radius 2 is 1.84 bits per heavy atom. The SMILES string of the molecule is COc1ccc(C)cc1C(=O)O[C@H](C)C(=O)Nc1ccc(F)cc1F. The summed E-state index contributed by atoms with van der Waals surface area (Å²) >= 11 is 0. The highest BCUT2D eigenvalue weighted by Crippen LogP contribution is 2.21. The van der Waals surface area contributed by atoms with Gasteiger partial charge in [-0.2, -0.15) is 0 Å². The number of halogens is 2. The van der Waals surface area contributed by atoms with Crippen LogP contribution in [0.5, 0.6) is 5.75 Å². The van der Waals surface area contributed by atoms with Crippen LogP contribution in [-0.2, 0) is 9.53 Å². The zero-order valence-electron chi connectivity index (χ0n) is 13.9. The first kappa shape index (κ1) is 18.4. The van der Waals surface area contributed by atoms with Gasteiger partial charge in [0.15, 0.2) is 6.10 Å². The van der Waals surface area contributed by atoms with Gasteiger partial charge in [-0.15, -0.1) is 0 Å². The number of esters is 1. The van der Waals surface area contributed by atoms with E-state index in [4.69, 9.17) is 9.47 Å². The quantitative estimate of drug-likeness (QED) is 0.840. The summed E-state index contributed by atoms with van der Waals surface area (Å²) in [6.45, 7) is 3.14. The van der Waals surface area contributed by atoms with Gasteiger partial charge in [-0.3, -0.25) is 4.79 Å². The average Bonchev–Trinajstić information content (AvgIpc) is 2.57.